The van der Waals surface area contributed by atoms with Gasteiger partial charge in [0.2, 0.25) is 0 Å². The molecule has 5 heteroatoms. The Labute approximate surface area is 130 Å². The van der Waals surface area contributed by atoms with Gasteiger partial charge in [0, 0.05) is 45.6 Å². The van der Waals surface area contributed by atoms with E-state index < -0.39 is 0 Å². The Hall–Kier alpha value is 0.450. The predicted molar refractivity (Wildman–Crippen MR) is 87.1 cm³/mol. The molecule has 1 saturated heterocycles. The van der Waals surface area contributed by atoms with Crippen molar-refractivity contribution in [1.29, 1.82) is 0 Å². The standard InChI is InChI=1S/C13H18Br2N2S/c1-9-8-18-5-4-17(9)13(7-16)10-2-3-11(14)12(15)6-10/h2-3,6,9,13H,4-5,7-8,16H2,1H3. The minimum absolute atomic E-state index is 0.324. The third-order valence-corrected chi connectivity index (χ3v) is 6.44. The van der Waals surface area contributed by atoms with E-state index in [0.29, 0.717) is 18.6 Å². The Bertz CT molecular complexity index is 414. The van der Waals surface area contributed by atoms with Gasteiger partial charge in [0.25, 0.3) is 0 Å². The molecule has 0 spiro atoms. The van der Waals surface area contributed by atoms with Crippen LogP contribution < -0.4 is 5.73 Å². The summed E-state index contributed by atoms with van der Waals surface area (Å²) in [5.74, 6) is 2.41. The first-order chi connectivity index (χ1) is 8.63. The van der Waals surface area contributed by atoms with E-state index in [1.807, 2.05) is 11.8 Å². The smallest absolute Gasteiger partial charge is 0.0474 e. The lowest BCUT2D eigenvalue weighted by Crippen LogP contribution is -2.45. The highest BCUT2D eigenvalue weighted by Gasteiger charge is 2.26. The van der Waals surface area contributed by atoms with Crippen LogP contribution in [0.4, 0.5) is 0 Å². The van der Waals surface area contributed by atoms with Crippen LogP contribution in [0.5, 0.6) is 0 Å². The lowest BCUT2D eigenvalue weighted by molar-refractivity contribution is 0.166. The van der Waals surface area contributed by atoms with Crippen LogP contribution in [0.25, 0.3) is 0 Å². The van der Waals surface area contributed by atoms with E-state index in [0.717, 1.165) is 15.5 Å². The molecule has 0 saturated carbocycles. The summed E-state index contributed by atoms with van der Waals surface area (Å²) >= 11 is 9.12. The minimum atomic E-state index is 0.324. The van der Waals surface area contributed by atoms with Crippen LogP contribution in [0.15, 0.2) is 27.1 Å². The number of benzene rings is 1. The quantitative estimate of drug-likeness (QED) is 0.849. The first kappa shape index (κ1) is 14.9. The number of rotatable bonds is 3. The second-order valence-corrected chi connectivity index (χ2v) is 7.45. The number of halogens is 2. The van der Waals surface area contributed by atoms with Crippen molar-refractivity contribution in [3.63, 3.8) is 0 Å². The van der Waals surface area contributed by atoms with E-state index in [1.54, 1.807) is 0 Å². The molecule has 2 atom stereocenters. The summed E-state index contributed by atoms with van der Waals surface area (Å²) in [7, 11) is 0. The Balaban J connectivity index is 2.23. The Morgan fingerprint density at radius 3 is 2.83 bits per heavy atom. The van der Waals surface area contributed by atoms with Crippen molar-refractivity contribution < 1.29 is 0 Å². The Morgan fingerprint density at radius 1 is 1.44 bits per heavy atom. The first-order valence-electron chi connectivity index (χ1n) is 6.12. The van der Waals surface area contributed by atoms with Crippen molar-refractivity contribution >= 4 is 43.6 Å². The molecular formula is C13H18Br2N2S. The molecule has 1 aromatic carbocycles. The summed E-state index contributed by atoms with van der Waals surface area (Å²) in [5.41, 5.74) is 7.31. The predicted octanol–water partition coefficient (Wildman–Crippen LogP) is 3.65. The number of thioether (sulfide) groups is 1. The highest BCUT2D eigenvalue weighted by molar-refractivity contribution is 9.13. The SMILES string of the molecule is CC1CSCCN1C(CN)c1ccc(Br)c(Br)c1. The van der Waals surface area contributed by atoms with Gasteiger partial charge in [-0.1, -0.05) is 6.07 Å². The lowest BCUT2D eigenvalue weighted by Gasteiger charge is -2.39. The molecule has 0 aromatic heterocycles. The van der Waals surface area contributed by atoms with Crippen LogP contribution in [0.2, 0.25) is 0 Å². The fraction of sp³-hybridized carbons (Fsp3) is 0.538. The molecule has 18 heavy (non-hydrogen) atoms. The van der Waals surface area contributed by atoms with Crippen LogP contribution in [0, 0.1) is 0 Å². The molecule has 2 rings (SSSR count). The minimum Gasteiger partial charge on any atom is -0.329 e. The fourth-order valence-corrected chi connectivity index (χ4v) is 4.07. The van der Waals surface area contributed by atoms with Gasteiger partial charge < -0.3 is 5.73 Å². The number of nitrogens with zero attached hydrogens (tertiary/aromatic N) is 1. The van der Waals surface area contributed by atoms with Gasteiger partial charge in [0.05, 0.1) is 0 Å². The van der Waals surface area contributed by atoms with Gasteiger partial charge in [-0.15, -0.1) is 0 Å². The molecule has 0 bridgehead atoms. The summed E-state index contributed by atoms with van der Waals surface area (Å²) in [5, 5.41) is 0. The Morgan fingerprint density at radius 2 is 2.22 bits per heavy atom. The topological polar surface area (TPSA) is 29.3 Å². The number of nitrogens with two attached hydrogens (primary N) is 1. The van der Waals surface area contributed by atoms with E-state index in [1.165, 1.54) is 17.1 Å². The maximum absolute atomic E-state index is 6.01. The fourth-order valence-electron chi connectivity index (χ4n) is 2.39. The van der Waals surface area contributed by atoms with Crippen LogP contribution >= 0.6 is 43.6 Å². The highest BCUT2D eigenvalue weighted by Crippen LogP contribution is 2.31. The van der Waals surface area contributed by atoms with E-state index in [4.69, 9.17) is 5.73 Å². The molecule has 0 aliphatic carbocycles. The van der Waals surface area contributed by atoms with Crippen LogP contribution in [0.1, 0.15) is 18.5 Å². The van der Waals surface area contributed by atoms with Crippen LogP contribution in [-0.4, -0.2) is 35.5 Å². The molecule has 1 aromatic rings. The van der Waals surface area contributed by atoms with E-state index in [9.17, 15) is 0 Å². The molecule has 1 heterocycles. The van der Waals surface area contributed by atoms with Gasteiger partial charge >= 0.3 is 0 Å². The average molecular weight is 394 g/mol. The van der Waals surface area contributed by atoms with Crippen molar-refractivity contribution in [2.24, 2.45) is 5.73 Å². The zero-order chi connectivity index (χ0) is 13.1. The monoisotopic (exact) mass is 392 g/mol. The largest absolute Gasteiger partial charge is 0.329 e. The molecule has 2 nitrogen and oxygen atoms in total. The summed E-state index contributed by atoms with van der Waals surface area (Å²) in [4.78, 5) is 2.53. The maximum Gasteiger partial charge on any atom is 0.0474 e. The molecule has 1 aliphatic rings. The normalized spacial score (nSPS) is 23.0. The average Bonchev–Trinajstić information content (AvgIpc) is 2.37. The summed E-state index contributed by atoms with van der Waals surface area (Å²) in [6.07, 6.45) is 0. The van der Waals surface area contributed by atoms with Gasteiger partial charge in [0.1, 0.15) is 0 Å². The molecule has 0 radical (unpaired) electrons. The number of hydrogen-bond donors (Lipinski definition) is 1. The molecular weight excluding hydrogens is 376 g/mol. The molecule has 2 unspecified atom stereocenters. The van der Waals surface area contributed by atoms with E-state index >= 15 is 0 Å². The van der Waals surface area contributed by atoms with Crippen molar-refractivity contribution in [3.8, 4) is 0 Å². The van der Waals surface area contributed by atoms with Crippen LogP contribution in [0.3, 0.4) is 0 Å². The lowest BCUT2D eigenvalue weighted by atomic mass is 10.0. The zero-order valence-electron chi connectivity index (χ0n) is 10.4. The third kappa shape index (κ3) is 3.31. The van der Waals surface area contributed by atoms with E-state index in [-0.39, 0.29) is 0 Å². The van der Waals surface area contributed by atoms with Crippen LogP contribution in [-0.2, 0) is 0 Å². The maximum atomic E-state index is 6.01. The number of hydrogen-bond acceptors (Lipinski definition) is 3. The summed E-state index contributed by atoms with van der Waals surface area (Å²) < 4.78 is 2.18. The Kier molecular flexibility index (Phi) is 5.57. The van der Waals surface area contributed by atoms with Crippen molar-refractivity contribution in [3.05, 3.63) is 32.7 Å². The van der Waals surface area contributed by atoms with Crippen molar-refractivity contribution in [2.45, 2.75) is 19.0 Å². The van der Waals surface area contributed by atoms with Gasteiger partial charge in [0.15, 0.2) is 0 Å². The van der Waals surface area contributed by atoms with Gasteiger partial charge in [-0.3, -0.25) is 4.90 Å². The second kappa shape index (κ2) is 6.75. The third-order valence-electron chi connectivity index (χ3n) is 3.37. The second-order valence-electron chi connectivity index (χ2n) is 4.59. The molecule has 1 fully saturated rings. The van der Waals surface area contributed by atoms with Crippen molar-refractivity contribution in [1.82, 2.24) is 4.90 Å². The first-order valence-corrected chi connectivity index (χ1v) is 8.86. The molecule has 2 N–H and O–H groups in total. The van der Waals surface area contributed by atoms with Gasteiger partial charge in [-0.2, -0.15) is 11.8 Å². The molecule has 0 amide bonds. The van der Waals surface area contributed by atoms with Gasteiger partial charge in [-0.05, 0) is 56.5 Å². The zero-order valence-corrected chi connectivity index (χ0v) is 14.4. The van der Waals surface area contributed by atoms with Gasteiger partial charge in [-0.25, -0.2) is 0 Å². The summed E-state index contributed by atoms with van der Waals surface area (Å²) in [6, 6.07) is 7.35. The highest BCUT2D eigenvalue weighted by atomic mass is 79.9. The molecule has 100 valence electrons. The summed E-state index contributed by atoms with van der Waals surface area (Å²) in [6.45, 7) is 4.09. The van der Waals surface area contributed by atoms with E-state index in [2.05, 4.69) is 61.9 Å². The van der Waals surface area contributed by atoms with Crippen molar-refractivity contribution in [2.75, 3.05) is 24.6 Å². The molecule has 1 aliphatic heterocycles.